The SMILES string of the molecule is C=CC(c1cccc(C(F)(F)F)c1)S(=O)(=O)CCSc1ncccc1NC(=O)c1ccc(Cl)nc1. The zero-order chi connectivity index (χ0) is 25.6. The number of pyridine rings is 2. The Hall–Kier alpha value is -2.89. The summed E-state index contributed by atoms with van der Waals surface area (Å²) in [7, 11) is -3.88. The first kappa shape index (κ1) is 26.7. The molecule has 0 saturated heterocycles. The number of hydrogen-bond donors (Lipinski definition) is 1. The van der Waals surface area contributed by atoms with E-state index in [1.54, 1.807) is 12.1 Å². The van der Waals surface area contributed by atoms with Crippen LogP contribution in [0.15, 0.2) is 78.6 Å². The van der Waals surface area contributed by atoms with Gasteiger partial charge in [-0.3, -0.25) is 4.79 Å². The molecule has 3 rings (SSSR count). The van der Waals surface area contributed by atoms with Crippen LogP contribution in [0.2, 0.25) is 5.15 Å². The summed E-state index contributed by atoms with van der Waals surface area (Å²) in [4.78, 5) is 20.5. The number of benzene rings is 1. The fourth-order valence-corrected chi connectivity index (χ4v) is 6.16. The van der Waals surface area contributed by atoms with Crippen molar-refractivity contribution in [2.75, 3.05) is 16.8 Å². The largest absolute Gasteiger partial charge is 0.416 e. The summed E-state index contributed by atoms with van der Waals surface area (Å²) in [6.07, 6.45) is -0.673. The average Bonchev–Trinajstić information content (AvgIpc) is 2.80. The third-order valence-electron chi connectivity index (χ3n) is 4.76. The van der Waals surface area contributed by atoms with Gasteiger partial charge in [0.2, 0.25) is 0 Å². The summed E-state index contributed by atoms with van der Waals surface area (Å²) < 4.78 is 65.0. The molecule has 3 aromatic rings. The highest BCUT2D eigenvalue weighted by Crippen LogP contribution is 2.33. The molecule has 1 unspecified atom stereocenters. The number of carbonyl (C=O) groups is 1. The number of aromatic nitrogens is 2. The molecule has 2 aromatic heterocycles. The van der Waals surface area contributed by atoms with E-state index in [9.17, 15) is 26.4 Å². The summed E-state index contributed by atoms with van der Waals surface area (Å²) in [5.74, 6) is -0.753. The summed E-state index contributed by atoms with van der Waals surface area (Å²) in [5.41, 5.74) is -0.307. The fraction of sp³-hybridized carbons (Fsp3) is 0.174. The van der Waals surface area contributed by atoms with E-state index < -0.39 is 32.7 Å². The Morgan fingerprint density at radius 3 is 2.60 bits per heavy atom. The molecule has 0 aliphatic heterocycles. The Morgan fingerprint density at radius 2 is 1.94 bits per heavy atom. The van der Waals surface area contributed by atoms with E-state index >= 15 is 0 Å². The Labute approximate surface area is 209 Å². The number of alkyl halides is 3. The van der Waals surface area contributed by atoms with Crippen LogP contribution in [0.4, 0.5) is 18.9 Å². The van der Waals surface area contributed by atoms with Crippen molar-refractivity contribution in [1.82, 2.24) is 9.97 Å². The quantitative estimate of drug-likeness (QED) is 0.208. The van der Waals surface area contributed by atoms with Gasteiger partial charge in [-0.25, -0.2) is 18.4 Å². The van der Waals surface area contributed by atoms with Crippen LogP contribution in [-0.2, 0) is 16.0 Å². The third kappa shape index (κ3) is 7.06. The molecular weight excluding hydrogens is 523 g/mol. The zero-order valence-electron chi connectivity index (χ0n) is 18.0. The molecule has 0 aliphatic rings. The summed E-state index contributed by atoms with van der Waals surface area (Å²) in [5, 5.41) is 2.02. The lowest BCUT2D eigenvalue weighted by Gasteiger charge is -2.16. The minimum Gasteiger partial charge on any atom is -0.320 e. The van der Waals surface area contributed by atoms with E-state index in [4.69, 9.17) is 11.6 Å². The molecule has 2 heterocycles. The van der Waals surface area contributed by atoms with Crippen LogP contribution < -0.4 is 5.32 Å². The van der Waals surface area contributed by atoms with Gasteiger partial charge in [-0.2, -0.15) is 13.2 Å². The zero-order valence-corrected chi connectivity index (χ0v) is 20.4. The van der Waals surface area contributed by atoms with E-state index in [1.165, 1.54) is 30.6 Å². The second kappa shape index (κ2) is 11.2. The number of nitrogens with zero attached hydrogens (tertiary/aromatic N) is 2. The smallest absolute Gasteiger partial charge is 0.320 e. The number of thioether (sulfide) groups is 1. The highest BCUT2D eigenvalue weighted by molar-refractivity contribution is 8.00. The monoisotopic (exact) mass is 541 g/mol. The van der Waals surface area contributed by atoms with Crippen LogP contribution >= 0.6 is 23.4 Å². The van der Waals surface area contributed by atoms with Gasteiger partial charge < -0.3 is 5.32 Å². The average molecular weight is 542 g/mol. The van der Waals surface area contributed by atoms with Crippen molar-refractivity contribution in [2.24, 2.45) is 0 Å². The maximum absolute atomic E-state index is 13.1. The highest BCUT2D eigenvalue weighted by atomic mass is 35.5. The molecule has 0 radical (unpaired) electrons. The van der Waals surface area contributed by atoms with Gasteiger partial charge in [-0.1, -0.05) is 35.9 Å². The van der Waals surface area contributed by atoms with Gasteiger partial charge in [-0.15, -0.1) is 18.3 Å². The van der Waals surface area contributed by atoms with Crippen LogP contribution in [-0.4, -0.2) is 35.8 Å². The maximum atomic E-state index is 13.1. The lowest BCUT2D eigenvalue weighted by Crippen LogP contribution is -2.18. The Morgan fingerprint density at radius 1 is 1.17 bits per heavy atom. The summed E-state index contributed by atoms with van der Waals surface area (Å²) >= 11 is 6.82. The number of amides is 1. The van der Waals surface area contributed by atoms with Crippen LogP contribution in [0.5, 0.6) is 0 Å². The van der Waals surface area contributed by atoms with Gasteiger partial charge in [-0.05, 0) is 35.9 Å². The van der Waals surface area contributed by atoms with E-state index in [2.05, 4.69) is 21.9 Å². The first-order valence-corrected chi connectivity index (χ1v) is 13.1. The molecule has 0 fully saturated rings. The number of rotatable bonds is 9. The second-order valence-corrected chi connectivity index (χ2v) is 10.9. The van der Waals surface area contributed by atoms with E-state index in [1.807, 2.05) is 0 Å². The van der Waals surface area contributed by atoms with Gasteiger partial charge in [0.1, 0.15) is 15.4 Å². The highest BCUT2D eigenvalue weighted by Gasteiger charge is 2.32. The molecule has 0 aliphatic carbocycles. The van der Waals surface area contributed by atoms with Crippen LogP contribution in [0.3, 0.4) is 0 Å². The minimum atomic E-state index is -4.59. The Bertz CT molecular complexity index is 1320. The van der Waals surface area contributed by atoms with Crippen LogP contribution in [0.1, 0.15) is 26.7 Å². The van der Waals surface area contributed by atoms with Gasteiger partial charge in [0, 0.05) is 18.1 Å². The van der Waals surface area contributed by atoms with Crippen LogP contribution in [0.25, 0.3) is 0 Å². The molecule has 35 heavy (non-hydrogen) atoms. The number of nitrogens with one attached hydrogen (secondary N) is 1. The molecule has 184 valence electrons. The van der Waals surface area contributed by atoms with Crippen molar-refractivity contribution >= 4 is 44.8 Å². The van der Waals surface area contributed by atoms with Gasteiger partial charge >= 0.3 is 6.18 Å². The molecular formula is C23H19ClF3N3O3S2. The number of hydrogen-bond acceptors (Lipinski definition) is 6. The number of halogens is 4. The van der Waals surface area contributed by atoms with Crippen molar-refractivity contribution in [3.05, 3.63) is 95.4 Å². The lowest BCUT2D eigenvalue weighted by atomic mass is 10.1. The first-order valence-electron chi connectivity index (χ1n) is 10.0. The topological polar surface area (TPSA) is 89.0 Å². The fourth-order valence-electron chi connectivity index (χ4n) is 3.07. The van der Waals surface area contributed by atoms with Gasteiger partial charge in [0.15, 0.2) is 9.84 Å². The first-order chi connectivity index (χ1) is 16.5. The lowest BCUT2D eigenvalue weighted by molar-refractivity contribution is -0.137. The predicted octanol–water partition coefficient (Wildman–Crippen LogP) is 5.84. The molecule has 1 amide bonds. The molecule has 1 atom stereocenters. The second-order valence-electron chi connectivity index (χ2n) is 7.17. The number of sulfone groups is 1. The number of anilines is 1. The summed E-state index contributed by atoms with van der Waals surface area (Å²) in [6, 6.07) is 10.4. The van der Waals surface area contributed by atoms with Crippen LogP contribution in [0, 0.1) is 0 Å². The maximum Gasteiger partial charge on any atom is 0.416 e. The normalized spacial score (nSPS) is 12.7. The van der Waals surface area contributed by atoms with Crippen molar-refractivity contribution in [1.29, 1.82) is 0 Å². The van der Waals surface area contributed by atoms with E-state index in [0.29, 0.717) is 10.7 Å². The molecule has 0 saturated carbocycles. The predicted molar refractivity (Wildman–Crippen MR) is 130 cm³/mol. The third-order valence-corrected chi connectivity index (χ3v) is 8.26. The Balaban J connectivity index is 1.70. The van der Waals surface area contributed by atoms with E-state index in [-0.39, 0.29) is 27.8 Å². The van der Waals surface area contributed by atoms with Crippen molar-refractivity contribution in [2.45, 2.75) is 16.5 Å². The molecule has 0 bridgehead atoms. The van der Waals surface area contributed by atoms with Crippen molar-refractivity contribution in [3.8, 4) is 0 Å². The molecule has 1 N–H and O–H groups in total. The Kier molecular flexibility index (Phi) is 8.57. The summed E-state index contributed by atoms with van der Waals surface area (Å²) in [6.45, 7) is 3.50. The minimum absolute atomic E-state index is 0.0119. The molecule has 6 nitrogen and oxygen atoms in total. The van der Waals surface area contributed by atoms with Gasteiger partial charge in [0.25, 0.3) is 5.91 Å². The van der Waals surface area contributed by atoms with Crippen molar-refractivity contribution in [3.63, 3.8) is 0 Å². The number of carbonyl (C=O) groups excluding carboxylic acids is 1. The van der Waals surface area contributed by atoms with E-state index in [0.717, 1.165) is 36.0 Å². The molecule has 0 spiro atoms. The van der Waals surface area contributed by atoms with Gasteiger partial charge in [0.05, 0.1) is 22.6 Å². The molecule has 12 heteroatoms. The van der Waals surface area contributed by atoms with Crippen molar-refractivity contribution < 1.29 is 26.4 Å². The standard InChI is InChI=1S/C23H19ClF3N3O3S2/c1-2-19(15-5-3-6-17(13-15)23(25,26)27)35(32,33)12-11-34-22-18(7-4-10-28-22)30-21(31)16-8-9-20(24)29-14-16/h2-10,13-14,19H,1,11-12H2,(H,30,31). The molecule has 1 aromatic carbocycles.